The van der Waals surface area contributed by atoms with Crippen LogP contribution >= 0.6 is 0 Å². The molecule has 2 aliphatic rings. The van der Waals surface area contributed by atoms with Crippen molar-refractivity contribution in [2.24, 2.45) is 0 Å². The van der Waals surface area contributed by atoms with Crippen molar-refractivity contribution in [1.82, 2.24) is 5.32 Å². The first kappa shape index (κ1) is 14.8. The average molecular weight is 293 g/mol. The van der Waals surface area contributed by atoms with Gasteiger partial charge in [0, 0.05) is 24.9 Å². The molecule has 1 atom stereocenters. The Morgan fingerprint density at radius 1 is 1.43 bits per heavy atom. The molecule has 3 nitrogen and oxygen atoms in total. The highest BCUT2D eigenvalue weighted by molar-refractivity contribution is 5.34. The van der Waals surface area contributed by atoms with Gasteiger partial charge in [0.15, 0.2) is 0 Å². The maximum Gasteiger partial charge on any atom is 0.124 e. The van der Waals surface area contributed by atoms with Gasteiger partial charge in [-0.2, -0.15) is 0 Å². The fraction of sp³-hybridized carbons (Fsp3) is 0.647. The van der Waals surface area contributed by atoms with Gasteiger partial charge in [-0.25, -0.2) is 4.39 Å². The Bertz CT molecular complexity index is 488. The molecule has 21 heavy (non-hydrogen) atoms. The normalized spacial score (nSPS) is 23.8. The van der Waals surface area contributed by atoms with Crippen LogP contribution in [0.2, 0.25) is 0 Å². The molecule has 4 heteroatoms. The predicted octanol–water partition coefficient (Wildman–Crippen LogP) is 3.42. The van der Waals surface area contributed by atoms with Gasteiger partial charge in [0.05, 0.1) is 12.2 Å². The summed E-state index contributed by atoms with van der Waals surface area (Å²) in [5.41, 5.74) is 0.969. The van der Waals surface area contributed by atoms with Crippen molar-refractivity contribution in [2.75, 3.05) is 13.2 Å². The Labute approximate surface area is 125 Å². The lowest BCUT2D eigenvalue weighted by Crippen LogP contribution is -2.48. The molecule has 0 bridgehead atoms. The SMILES string of the molecule is CCNCc1cc(F)ccc1OC1CCOC2(CCC2)C1. The van der Waals surface area contributed by atoms with E-state index in [9.17, 15) is 4.39 Å². The highest BCUT2D eigenvalue weighted by Gasteiger charge is 2.43. The van der Waals surface area contributed by atoms with Crippen LogP contribution in [0.4, 0.5) is 4.39 Å². The van der Waals surface area contributed by atoms with Gasteiger partial charge in [0.25, 0.3) is 0 Å². The second-order valence-electron chi connectivity index (χ2n) is 6.15. The molecule has 1 unspecified atom stereocenters. The minimum atomic E-state index is -0.210. The van der Waals surface area contributed by atoms with Crippen molar-refractivity contribution < 1.29 is 13.9 Å². The van der Waals surface area contributed by atoms with Crippen LogP contribution in [0.1, 0.15) is 44.6 Å². The summed E-state index contributed by atoms with van der Waals surface area (Å²) in [5.74, 6) is 0.594. The molecule has 2 fully saturated rings. The second kappa shape index (κ2) is 6.32. The van der Waals surface area contributed by atoms with E-state index < -0.39 is 0 Å². The van der Waals surface area contributed by atoms with Crippen molar-refractivity contribution >= 4 is 0 Å². The van der Waals surface area contributed by atoms with E-state index >= 15 is 0 Å². The van der Waals surface area contributed by atoms with E-state index in [2.05, 4.69) is 5.32 Å². The first-order chi connectivity index (χ1) is 10.2. The van der Waals surface area contributed by atoms with Crippen molar-refractivity contribution in [3.05, 3.63) is 29.6 Å². The van der Waals surface area contributed by atoms with Gasteiger partial charge in [-0.3, -0.25) is 0 Å². The molecule has 1 aliphatic carbocycles. The lowest BCUT2D eigenvalue weighted by molar-refractivity contribution is -0.153. The van der Waals surface area contributed by atoms with Crippen molar-refractivity contribution in [3.63, 3.8) is 0 Å². The van der Waals surface area contributed by atoms with Gasteiger partial charge in [-0.05, 0) is 44.0 Å². The van der Waals surface area contributed by atoms with E-state index in [4.69, 9.17) is 9.47 Å². The molecule has 1 aromatic rings. The Hall–Kier alpha value is -1.13. The van der Waals surface area contributed by atoms with Gasteiger partial charge >= 0.3 is 0 Å². The van der Waals surface area contributed by atoms with Gasteiger partial charge in [0.1, 0.15) is 17.7 Å². The topological polar surface area (TPSA) is 30.5 Å². The van der Waals surface area contributed by atoms with Crippen LogP contribution in [0.15, 0.2) is 18.2 Å². The first-order valence-electron chi connectivity index (χ1n) is 8.00. The van der Waals surface area contributed by atoms with Crippen molar-refractivity contribution in [2.45, 2.75) is 57.3 Å². The molecule has 1 N–H and O–H groups in total. The average Bonchev–Trinajstić information content (AvgIpc) is 2.46. The van der Waals surface area contributed by atoms with E-state index in [1.807, 2.05) is 6.92 Å². The summed E-state index contributed by atoms with van der Waals surface area (Å²) in [6, 6.07) is 4.80. The summed E-state index contributed by atoms with van der Waals surface area (Å²) in [4.78, 5) is 0. The predicted molar refractivity (Wildman–Crippen MR) is 80.0 cm³/mol. The second-order valence-corrected chi connectivity index (χ2v) is 6.15. The summed E-state index contributed by atoms with van der Waals surface area (Å²) in [6.45, 7) is 4.31. The molecule has 1 aliphatic heterocycles. The number of ether oxygens (including phenoxy) is 2. The number of nitrogens with one attached hydrogen (secondary N) is 1. The molecule has 1 saturated carbocycles. The third kappa shape index (κ3) is 3.38. The van der Waals surface area contributed by atoms with Crippen LogP contribution in [0, 0.1) is 5.82 Å². The summed E-state index contributed by atoms with van der Waals surface area (Å²) < 4.78 is 25.6. The van der Waals surface area contributed by atoms with Crippen LogP contribution in [-0.4, -0.2) is 24.9 Å². The zero-order chi connectivity index (χ0) is 14.7. The monoisotopic (exact) mass is 293 g/mol. The zero-order valence-electron chi connectivity index (χ0n) is 12.7. The molecule has 0 amide bonds. The highest BCUT2D eigenvalue weighted by atomic mass is 19.1. The van der Waals surface area contributed by atoms with Crippen molar-refractivity contribution in [1.29, 1.82) is 0 Å². The molecule has 1 saturated heterocycles. The van der Waals surface area contributed by atoms with E-state index in [1.165, 1.54) is 12.5 Å². The Morgan fingerprint density at radius 2 is 2.29 bits per heavy atom. The van der Waals surface area contributed by atoms with Crippen LogP contribution < -0.4 is 10.1 Å². The van der Waals surface area contributed by atoms with E-state index in [0.29, 0.717) is 6.54 Å². The molecule has 1 spiro atoms. The molecule has 0 radical (unpaired) electrons. The maximum atomic E-state index is 13.4. The first-order valence-corrected chi connectivity index (χ1v) is 8.00. The lowest BCUT2D eigenvalue weighted by atomic mass is 9.74. The number of hydrogen-bond donors (Lipinski definition) is 1. The summed E-state index contributed by atoms with van der Waals surface area (Å²) in [5, 5.41) is 3.24. The number of halogens is 1. The van der Waals surface area contributed by atoms with Crippen LogP contribution in [0.5, 0.6) is 5.75 Å². The van der Waals surface area contributed by atoms with E-state index in [0.717, 1.165) is 50.1 Å². The van der Waals surface area contributed by atoms with E-state index in [-0.39, 0.29) is 17.5 Å². The molecular formula is C17H24FNO2. The molecular weight excluding hydrogens is 269 g/mol. The fourth-order valence-corrected chi connectivity index (χ4v) is 3.24. The molecule has 1 aromatic carbocycles. The number of hydrogen-bond acceptors (Lipinski definition) is 3. The van der Waals surface area contributed by atoms with Gasteiger partial charge in [-0.1, -0.05) is 6.92 Å². The third-order valence-electron chi connectivity index (χ3n) is 4.59. The lowest BCUT2D eigenvalue weighted by Gasteiger charge is -2.47. The molecule has 3 rings (SSSR count). The van der Waals surface area contributed by atoms with E-state index in [1.54, 1.807) is 12.1 Å². The molecule has 1 heterocycles. The Balaban J connectivity index is 1.68. The van der Waals surface area contributed by atoms with Gasteiger partial charge in [0.2, 0.25) is 0 Å². The minimum absolute atomic E-state index is 0.0742. The highest BCUT2D eigenvalue weighted by Crippen LogP contribution is 2.43. The number of benzene rings is 1. The summed E-state index contributed by atoms with van der Waals surface area (Å²) >= 11 is 0. The van der Waals surface area contributed by atoms with Crippen LogP contribution in [-0.2, 0) is 11.3 Å². The Morgan fingerprint density at radius 3 is 3.00 bits per heavy atom. The zero-order valence-corrected chi connectivity index (χ0v) is 12.7. The molecule has 0 aromatic heterocycles. The maximum absolute atomic E-state index is 13.4. The third-order valence-corrected chi connectivity index (χ3v) is 4.59. The van der Waals surface area contributed by atoms with Crippen molar-refractivity contribution in [3.8, 4) is 5.75 Å². The largest absolute Gasteiger partial charge is 0.490 e. The van der Waals surface area contributed by atoms with Gasteiger partial charge in [-0.15, -0.1) is 0 Å². The standard InChI is InChI=1S/C17H24FNO2/c1-2-19-12-13-10-14(18)4-5-16(13)21-15-6-9-20-17(11-15)7-3-8-17/h4-5,10,15,19H,2-3,6-9,11-12H2,1H3. The van der Waals surface area contributed by atoms with Crippen LogP contribution in [0.3, 0.4) is 0 Å². The minimum Gasteiger partial charge on any atom is -0.490 e. The summed E-state index contributed by atoms with van der Waals surface area (Å²) in [7, 11) is 0. The quantitative estimate of drug-likeness (QED) is 0.902. The number of rotatable bonds is 5. The molecule has 116 valence electrons. The van der Waals surface area contributed by atoms with Crippen LogP contribution in [0.25, 0.3) is 0 Å². The summed E-state index contributed by atoms with van der Waals surface area (Å²) in [6.07, 6.45) is 5.63. The smallest absolute Gasteiger partial charge is 0.124 e. The van der Waals surface area contributed by atoms with Gasteiger partial charge < -0.3 is 14.8 Å². The Kier molecular flexibility index (Phi) is 4.45. The fourth-order valence-electron chi connectivity index (χ4n) is 3.24.